The fraction of sp³-hybridized carbons (Fsp3) is 0. The molecule has 7 nitrogen and oxygen atoms in total. The quantitative estimate of drug-likeness (QED) is 0.382. The van der Waals surface area contributed by atoms with E-state index in [4.69, 9.17) is 23.2 Å². The lowest BCUT2D eigenvalue weighted by atomic mass is 10.0. The highest BCUT2D eigenvalue weighted by molar-refractivity contribution is 7.92. The second kappa shape index (κ2) is 7.84. The maximum atomic E-state index is 14.0. The SMILES string of the molecule is O=c1[nH]c2cc(Cl)c(S(=O)(=O)Nc3ccc(-c4ccccc4F)c(Cl)c3)cc2[nH]c1=O. The Morgan fingerprint density at radius 3 is 2.10 bits per heavy atom. The lowest BCUT2D eigenvalue weighted by Gasteiger charge is -2.12. The predicted molar refractivity (Wildman–Crippen MR) is 118 cm³/mol. The molecule has 3 N–H and O–H groups in total. The highest BCUT2D eigenvalue weighted by Crippen LogP contribution is 2.33. The predicted octanol–water partition coefficient (Wildman–Crippen LogP) is 4.13. The number of H-pyrrole nitrogens is 2. The first-order valence-corrected chi connectivity index (χ1v) is 10.9. The third-order valence-corrected chi connectivity index (χ3v) is 6.61. The second-order valence-electron chi connectivity index (χ2n) is 6.52. The van der Waals surface area contributed by atoms with Crippen molar-refractivity contribution in [3.05, 3.63) is 91.2 Å². The summed E-state index contributed by atoms with van der Waals surface area (Å²) in [6.07, 6.45) is 0. The standard InChI is InChI=1S/C20H12Cl2FN3O4S/c21-13-7-10(5-6-11(13)12-3-1-2-4-15(12)23)26-31(29,30)18-9-17-16(8-14(18)22)24-19(27)20(28)25-17/h1-9,26H,(H,24,27)(H,25,28). The topological polar surface area (TPSA) is 112 Å². The number of hydrogen-bond donors (Lipinski definition) is 3. The van der Waals surface area contributed by atoms with Gasteiger partial charge >= 0.3 is 11.1 Å². The van der Waals surface area contributed by atoms with E-state index in [0.29, 0.717) is 5.56 Å². The van der Waals surface area contributed by atoms with Gasteiger partial charge in [-0.3, -0.25) is 14.3 Å². The van der Waals surface area contributed by atoms with Gasteiger partial charge in [-0.25, -0.2) is 12.8 Å². The average molecular weight is 480 g/mol. The Hall–Kier alpha value is -3.14. The minimum Gasteiger partial charge on any atom is -0.316 e. The fourth-order valence-corrected chi connectivity index (χ4v) is 4.90. The number of sulfonamides is 1. The van der Waals surface area contributed by atoms with Crippen LogP contribution in [0.4, 0.5) is 10.1 Å². The Labute approximate surface area is 184 Å². The zero-order valence-corrected chi connectivity index (χ0v) is 17.7. The smallest absolute Gasteiger partial charge is 0.314 e. The molecule has 1 heterocycles. The van der Waals surface area contributed by atoms with Crippen molar-refractivity contribution < 1.29 is 12.8 Å². The summed E-state index contributed by atoms with van der Waals surface area (Å²) in [6.45, 7) is 0. The summed E-state index contributed by atoms with van der Waals surface area (Å²) in [7, 11) is -4.19. The molecule has 11 heteroatoms. The van der Waals surface area contributed by atoms with Gasteiger partial charge in [0.2, 0.25) is 0 Å². The van der Waals surface area contributed by atoms with Crippen molar-refractivity contribution in [2.45, 2.75) is 4.90 Å². The molecule has 0 aliphatic carbocycles. The summed E-state index contributed by atoms with van der Waals surface area (Å²) in [6, 6.07) is 12.7. The van der Waals surface area contributed by atoms with E-state index in [1.165, 1.54) is 30.3 Å². The van der Waals surface area contributed by atoms with Crippen LogP contribution in [0.3, 0.4) is 0 Å². The highest BCUT2D eigenvalue weighted by Gasteiger charge is 2.20. The van der Waals surface area contributed by atoms with E-state index in [9.17, 15) is 22.4 Å². The van der Waals surface area contributed by atoms with Gasteiger partial charge in [-0.1, -0.05) is 47.5 Å². The minimum atomic E-state index is -4.19. The van der Waals surface area contributed by atoms with Crippen LogP contribution in [-0.2, 0) is 10.0 Å². The Bertz CT molecular complexity index is 1570. The number of aromatic nitrogens is 2. The highest BCUT2D eigenvalue weighted by atomic mass is 35.5. The molecule has 0 radical (unpaired) electrons. The fourth-order valence-electron chi connectivity index (χ4n) is 3.01. The van der Waals surface area contributed by atoms with Crippen LogP contribution in [0.2, 0.25) is 10.0 Å². The maximum absolute atomic E-state index is 14.0. The number of nitrogens with one attached hydrogen (secondary N) is 3. The Morgan fingerprint density at radius 1 is 0.806 bits per heavy atom. The van der Waals surface area contributed by atoms with Gasteiger partial charge in [-0.05, 0) is 30.3 Å². The largest absolute Gasteiger partial charge is 0.316 e. The zero-order valence-electron chi connectivity index (χ0n) is 15.4. The van der Waals surface area contributed by atoms with Gasteiger partial charge in [0.15, 0.2) is 0 Å². The normalized spacial score (nSPS) is 11.6. The molecule has 3 aromatic carbocycles. The summed E-state index contributed by atoms with van der Waals surface area (Å²) in [4.78, 5) is 27.3. The van der Waals surface area contributed by atoms with Crippen LogP contribution in [0.25, 0.3) is 22.2 Å². The summed E-state index contributed by atoms with van der Waals surface area (Å²) in [5.74, 6) is -0.465. The monoisotopic (exact) mass is 479 g/mol. The summed E-state index contributed by atoms with van der Waals surface area (Å²) in [5.41, 5.74) is -0.765. The van der Waals surface area contributed by atoms with Gasteiger partial charge in [-0.2, -0.15) is 0 Å². The van der Waals surface area contributed by atoms with Crippen molar-refractivity contribution in [3.63, 3.8) is 0 Å². The molecule has 0 aliphatic heterocycles. The molecule has 0 amide bonds. The van der Waals surface area contributed by atoms with Crippen molar-refractivity contribution >= 4 is 49.9 Å². The molecular weight excluding hydrogens is 468 g/mol. The van der Waals surface area contributed by atoms with Gasteiger partial charge in [0.1, 0.15) is 10.7 Å². The van der Waals surface area contributed by atoms with Crippen LogP contribution in [0.1, 0.15) is 0 Å². The molecule has 1 aromatic heterocycles. The van der Waals surface area contributed by atoms with E-state index in [-0.39, 0.29) is 37.2 Å². The van der Waals surface area contributed by atoms with Gasteiger partial charge in [-0.15, -0.1) is 0 Å². The molecule has 0 saturated carbocycles. The molecule has 0 aliphatic rings. The minimum absolute atomic E-state index is 0.0855. The molecule has 158 valence electrons. The van der Waals surface area contributed by atoms with Crippen LogP contribution in [0, 0.1) is 5.82 Å². The van der Waals surface area contributed by atoms with E-state index in [1.807, 2.05) is 0 Å². The van der Waals surface area contributed by atoms with E-state index in [2.05, 4.69) is 14.7 Å². The molecule has 31 heavy (non-hydrogen) atoms. The molecule has 0 saturated heterocycles. The Balaban J connectivity index is 1.72. The van der Waals surface area contributed by atoms with E-state index < -0.39 is 27.0 Å². The molecule has 0 spiro atoms. The van der Waals surface area contributed by atoms with Gasteiger partial charge < -0.3 is 9.97 Å². The Kier molecular flexibility index (Phi) is 5.34. The van der Waals surface area contributed by atoms with Gasteiger partial charge in [0.05, 0.1) is 26.8 Å². The zero-order chi connectivity index (χ0) is 22.3. The van der Waals surface area contributed by atoms with E-state index in [0.717, 1.165) is 6.07 Å². The van der Waals surface area contributed by atoms with E-state index in [1.54, 1.807) is 18.2 Å². The van der Waals surface area contributed by atoms with Crippen molar-refractivity contribution in [3.8, 4) is 11.1 Å². The first-order valence-electron chi connectivity index (χ1n) is 8.69. The van der Waals surface area contributed by atoms with Crippen LogP contribution >= 0.6 is 23.2 Å². The van der Waals surface area contributed by atoms with Crippen LogP contribution in [-0.4, -0.2) is 18.4 Å². The number of anilines is 1. The number of aromatic amines is 2. The lowest BCUT2D eigenvalue weighted by molar-refractivity contribution is 0.601. The molecule has 0 bridgehead atoms. The first kappa shape index (κ1) is 21.1. The molecule has 4 rings (SSSR count). The number of rotatable bonds is 4. The molecule has 0 atom stereocenters. The van der Waals surface area contributed by atoms with Crippen LogP contribution in [0.15, 0.2) is 69.1 Å². The van der Waals surface area contributed by atoms with E-state index >= 15 is 0 Å². The summed E-state index contributed by atoms with van der Waals surface area (Å²) >= 11 is 12.4. The number of hydrogen-bond acceptors (Lipinski definition) is 4. The third kappa shape index (κ3) is 4.07. The van der Waals surface area contributed by atoms with Crippen molar-refractivity contribution in [2.75, 3.05) is 4.72 Å². The average Bonchev–Trinajstić information content (AvgIpc) is 2.69. The molecule has 0 fully saturated rings. The summed E-state index contributed by atoms with van der Waals surface area (Å²) < 4.78 is 42.1. The third-order valence-electron chi connectivity index (χ3n) is 4.45. The van der Waals surface area contributed by atoms with Crippen LogP contribution in [0.5, 0.6) is 0 Å². The second-order valence-corrected chi connectivity index (χ2v) is 8.98. The summed E-state index contributed by atoms with van der Waals surface area (Å²) in [5, 5.41) is -0.0337. The van der Waals surface area contributed by atoms with Crippen molar-refractivity contribution in [2.24, 2.45) is 0 Å². The number of halogens is 3. The van der Waals surface area contributed by atoms with Crippen molar-refractivity contribution in [1.29, 1.82) is 0 Å². The van der Waals surface area contributed by atoms with Gasteiger partial charge in [0, 0.05) is 11.1 Å². The first-order chi connectivity index (χ1) is 14.7. The van der Waals surface area contributed by atoms with Crippen molar-refractivity contribution in [1.82, 2.24) is 9.97 Å². The Morgan fingerprint density at radius 2 is 1.45 bits per heavy atom. The molecule has 4 aromatic rings. The number of fused-ring (bicyclic) bond motifs is 1. The van der Waals surface area contributed by atoms with Gasteiger partial charge in [0.25, 0.3) is 10.0 Å². The maximum Gasteiger partial charge on any atom is 0.314 e. The number of benzene rings is 3. The molecule has 0 unspecified atom stereocenters. The molecular formula is C20H12Cl2FN3O4S. The lowest BCUT2D eigenvalue weighted by Crippen LogP contribution is -2.29. The van der Waals surface area contributed by atoms with Crippen LogP contribution < -0.4 is 15.8 Å².